The Morgan fingerprint density at radius 3 is 0.928 bits per heavy atom. The van der Waals surface area contributed by atoms with Crippen LogP contribution in [0.2, 0.25) is 0 Å². The monoisotopic (exact) mass is 1720 g/mol. The molecule has 0 aliphatic carbocycles. The number of methoxy groups -OCH3 is 1. The maximum Gasteiger partial charge on any atom is 0.307 e. The first-order valence-corrected chi connectivity index (χ1v) is 37.4. The van der Waals surface area contributed by atoms with Gasteiger partial charge in [-0.25, -0.2) is 0 Å². The molecule has 646 valence electrons. The van der Waals surface area contributed by atoms with Gasteiger partial charge >= 0.3 is 23.0 Å². The minimum absolute atomic E-state index is 0.00205. The SMILES string of the molecule is CC(=O)CCN1CCC(=O)c2cc(N=Nc3ccc([N+](=O)[O-])cc3C#N)c(O)cc21.CC(=O)CCN1CCC(=O)c2cc(N=Nc3ccc([N+](=O)[O-])cc3[N+](=O)[O-])c(O)cc21.CCCOC(=O)CCN1CCC(=O)c2cc(N=Nc3ccc([N+](=O)[O-])cc3[N+](=O)[O-])c(O)cc21.COCCN1CCC(=O)c2cc(N=Nc3ccc([N+](=O)[O-])cc3[N+](=O)[O-])c(O)cc21. The molecule has 4 N–H and O–H groups in total. The average molecular weight is 1720 g/mol. The molecule has 4 aliphatic heterocycles. The van der Waals surface area contributed by atoms with Crippen LogP contribution in [0.3, 0.4) is 0 Å². The van der Waals surface area contributed by atoms with Crippen LogP contribution in [0, 0.1) is 82.1 Å². The summed E-state index contributed by atoms with van der Waals surface area (Å²) in [5, 5.41) is 158. The molecule has 0 spiro atoms. The van der Waals surface area contributed by atoms with E-state index in [2.05, 4.69) is 40.9 Å². The molecule has 47 nitrogen and oxygen atoms in total. The summed E-state index contributed by atoms with van der Waals surface area (Å²) in [7, 11) is 1.56. The Balaban J connectivity index is 0.000000189. The number of nitro benzene ring substituents is 7. The second-order valence-corrected chi connectivity index (χ2v) is 27.4. The Hall–Kier alpha value is -16.7. The molecule has 0 saturated carbocycles. The van der Waals surface area contributed by atoms with E-state index >= 15 is 0 Å². The number of ether oxygens (including phenoxy) is 2. The standard InChI is InChI=1S/C21H21N5O8.C20H17N5O5.C19H17N5O7.C18H17N5O7/c1-2-9-34-21(29)6-8-24-7-5-19(27)14-11-16(20(28)12-17(14)24)23-22-15-4-3-13(25(30)31)10-18(15)26(32)33;1-12(26)4-6-24-7-5-19(27)15-9-17(20(28)10-18(15)24)23-22-16-3-2-14(25(29)30)8-13(16)11-21;1-11(25)4-6-22-7-5-18(26)13-9-15(19(27)10-16(13)22)21-20-14-3-2-12(23(28)29)8-17(14)24(30)31;1-30-7-6-21-5-4-17(24)12-9-14(18(25)10-15(12)21)20-19-13-3-2-11(22(26)27)8-16(13)23(28)29/h3-4,10-12,28H,2,5-9H2,1H3;2-3,8-10,28H,4-7H2,1H3;2-3,8-10,27H,4-7H2,1H3;2-3,8-10,25H,4-7H2,1H3. The van der Waals surface area contributed by atoms with E-state index in [1.807, 2.05) is 27.7 Å². The van der Waals surface area contributed by atoms with Gasteiger partial charge in [-0.3, -0.25) is 104 Å². The highest BCUT2D eigenvalue weighted by Crippen LogP contribution is 2.45. The lowest BCUT2D eigenvalue weighted by atomic mass is 9.99. The number of non-ortho nitro benzene ring substituents is 4. The van der Waals surface area contributed by atoms with Gasteiger partial charge in [0, 0.05) is 175 Å². The Kier molecular flexibility index (Phi) is 30.8. The quantitative estimate of drug-likeness (QED) is 0.0146. The third-order valence-electron chi connectivity index (χ3n) is 18.9. The molecule has 47 heteroatoms. The van der Waals surface area contributed by atoms with Crippen molar-refractivity contribution in [2.45, 2.75) is 72.1 Å². The smallest absolute Gasteiger partial charge is 0.307 e. The number of nitrogens with zero attached hydrogens (tertiary/aromatic N) is 20. The molecule has 0 aromatic heterocycles. The van der Waals surface area contributed by atoms with Crippen molar-refractivity contribution in [3.63, 3.8) is 0 Å². The molecule has 0 bridgehead atoms. The first-order chi connectivity index (χ1) is 59.5. The molecule has 0 amide bonds. The Labute approximate surface area is 703 Å². The predicted octanol–water partition coefficient (Wildman–Crippen LogP) is 16.0. The molecule has 8 aromatic carbocycles. The van der Waals surface area contributed by atoms with Crippen molar-refractivity contribution in [1.29, 1.82) is 5.26 Å². The normalized spacial score (nSPS) is 13.3. The van der Waals surface area contributed by atoms with E-state index in [9.17, 15) is 130 Å². The number of azo groups is 4. The summed E-state index contributed by atoms with van der Waals surface area (Å²) in [6.45, 7) is 8.99. The third-order valence-corrected chi connectivity index (χ3v) is 18.9. The number of hydrogen-bond donors (Lipinski definition) is 4. The molecule has 0 unspecified atom stereocenters. The highest BCUT2D eigenvalue weighted by atomic mass is 16.7. The number of fused-ring (bicyclic) bond motifs is 4. The number of nitriles is 1. The first-order valence-electron chi connectivity index (χ1n) is 37.4. The van der Waals surface area contributed by atoms with Crippen LogP contribution in [0.5, 0.6) is 23.0 Å². The first kappa shape index (κ1) is 92.2. The van der Waals surface area contributed by atoms with E-state index in [1.54, 1.807) is 12.0 Å². The highest BCUT2D eigenvalue weighted by molar-refractivity contribution is 6.07. The number of aromatic hydroxyl groups is 4. The number of phenols is 4. The number of hydrogen-bond acceptors (Lipinski definition) is 40. The van der Waals surface area contributed by atoms with Gasteiger partial charge in [-0.2, -0.15) is 5.26 Å². The number of phenolic OH excluding ortho intramolecular Hbond substituents is 4. The van der Waals surface area contributed by atoms with Gasteiger partial charge in [0.2, 0.25) is 0 Å². The van der Waals surface area contributed by atoms with Gasteiger partial charge < -0.3 is 49.5 Å². The van der Waals surface area contributed by atoms with Crippen LogP contribution < -0.4 is 19.6 Å². The van der Waals surface area contributed by atoms with Gasteiger partial charge in [0.25, 0.3) is 22.7 Å². The summed E-state index contributed by atoms with van der Waals surface area (Å²) in [6, 6.07) is 24.9. The number of nitro groups is 7. The van der Waals surface area contributed by atoms with Gasteiger partial charge in [-0.05, 0) is 68.8 Å². The summed E-state index contributed by atoms with van der Waals surface area (Å²) < 4.78 is 10.1. The molecule has 0 saturated heterocycles. The lowest BCUT2D eigenvalue weighted by Crippen LogP contribution is -2.34. The van der Waals surface area contributed by atoms with Crippen molar-refractivity contribution in [3.8, 4) is 29.1 Å². The fourth-order valence-electron chi connectivity index (χ4n) is 12.5. The number of rotatable bonds is 29. The topological polar surface area (TPSA) is 656 Å². The summed E-state index contributed by atoms with van der Waals surface area (Å²) in [6.07, 6.45) is 2.40. The van der Waals surface area contributed by atoms with Crippen molar-refractivity contribution in [1.82, 2.24) is 0 Å². The minimum atomic E-state index is -0.832. The van der Waals surface area contributed by atoms with Crippen LogP contribution in [0.4, 0.5) is 108 Å². The number of carbonyl (C=O) groups excluding carboxylic acids is 7. The van der Waals surface area contributed by atoms with Gasteiger partial charge in [-0.1, -0.05) is 6.92 Å². The second-order valence-electron chi connectivity index (χ2n) is 27.4. The maximum absolute atomic E-state index is 12.5. The molecular weight excluding hydrogens is 1650 g/mol. The van der Waals surface area contributed by atoms with Crippen LogP contribution in [0.25, 0.3) is 0 Å². The van der Waals surface area contributed by atoms with Gasteiger partial charge in [-0.15, -0.1) is 40.9 Å². The van der Waals surface area contributed by atoms with E-state index in [0.29, 0.717) is 118 Å². The largest absolute Gasteiger partial charge is 0.506 e. The third kappa shape index (κ3) is 23.6. The summed E-state index contributed by atoms with van der Waals surface area (Å²) in [5.41, 5.74) is -1.20. The predicted molar refractivity (Wildman–Crippen MR) is 439 cm³/mol. The summed E-state index contributed by atoms with van der Waals surface area (Å²) in [4.78, 5) is 163. The fourth-order valence-corrected chi connectivity index (χ4v) is 12.5. The van der Waals surface area contributed by atoms with Gasteiger partial charge in [0.05, 0.1) is 101 Å². The van der Waals surface area contributed by atoms with Crippen LogP contribution in [0.15, 0.2) is 162 Å². The van der Waals surface area contributed by atoms with E-state index in [4.69, 9.17) is 9.47 Å². The zero-order valence-corrected chi connectivity index (χ0v) is 66.4. The Morgan fingerprint density at radius 2 is 0.656 bits per heavy atom. The van der Waals surface area contributed by atoms with Crippen molar-refractivity contribution in [2.75, 3.05) is 92.3 Å². The number of ketones is 6. The molecule has 0 atom stereocenters. The summed E-state index contributed by atoms with van der Waals surface area (Å²) >= 11 is 0. The molecule has 12 rings (SSSR count). The molecule has 125 heavy (non-hydrogen) atoms. The molecule has 0 radical (unpaired) electrons. The molecular formula is C78H72N20O27. The van der Waals surface area contributed by atoms with Crippen molar-refractivity contribution >= 4 is 149 Å². The van der Waals surface area contributed by atoms with E-state index < -0.39 is 68.6 Å². The molecule has 4 aliphatic rings. The lowest BCUT2D eigenvalue weighted by Gasteiger charge is -2.30. The second kappa shape index (κ2) is 41.8. The van der Waals surface area contributed by atoms with Gasteiger partial charge in [0.15, 0.2) is 40.2 Å². The van der Waals surface area contributed by atoms with E-state index in [1.165, 1.54) is 74.5 Å². The van der Waals surface area contributed by atoms with Crippen LogP contribution in [-0.4, -0.2) is 168 Å². The van der Waals surface area contributed by atoms with Crippen molar-refractivity contribution in [2.24, 2.45) is 40.9 Å². The van der Waals surface area contributed by atoms with Crippen LogP contribution in [-0.2, 0) is 23.9 Å². The zero-order valence-electron chi connectivity index (χ0n) is 66.4. The summed E-state index contributed by atoms with van der Waals surface area (Å²) in [5.74, 6) is -2.08. The van der Waals surface area contributed by atoms with Crippen molar-refractivity contribution < 1.29 is 97.9 Å². The van der Waals surface area contributed by atoms with Crippen molar-refractivity contribution in [3.05, 3.63) is 220 Å². The number of anilines is 4. The number of benzene rings is 8. The number of esters is 1. The average Bonchev–Trinajstić information content (AvgIpc) is 0.794. The maximum atomic E-state index is 12.5. The minimum Gasteiger partial charge on any atom is -0.506 e. The zero-order chi connectivity index (χ0) is 91.2. The molecule has 0 fully saturated rings. The van der Waals surface area contributed by atoms with Gasteiger partial charge in [0.1, 0.15) is 69.1 Å². The number of Topliss-reactive ketones (excluding diaryl/α,β-unsaturated/α-hetero) is 6. The van der Waals surface area contributed by atoms with Crippen LogP contribution in [0.1, 0.15) is 119 Å². The van der Waals surface area contributed by atoms with E-state index in [0.717, 1.165) is 60.7 Å². The fraction of sp³-hybridized carbons (Fsp3) is 0.282. The molecule has 4 heterocycles. The molecule has 8 aromatic rings. The van der Waals surface area contributed by atoms with Crippen LogP contribution >= 0.6 is 0 Å². The Morgan fingerprint density at radius 1 is 0.384 bits per heavy atom. The Bertz CT molecular complexity index is 5890. The lowest BCUT2D eigenvalue weighted by molar-refractivity contribution is -0.394. The highest BCUT2D eigenvalue weighted by Gasteiger charge is 2.32. The number of carbonyl (C=O) groups is 7. The van der Waals surface area contributed by atoms with E-state index in [-0.39, 0.29) is 165 Å².